The molecule has 1 amide bonds. The van der Waals surface area contributed by atoms with Crippen molar-refractivity contribution in [3.8, 4) is 5.75 Å². The molecule has 9 heteroatoms. The lowest BCUT2D eigenvalue weighted by Gasteiger charge is -2.30. The number of rotatable bonds is 6. The Labute approximate surface area is 186 Å². The van der Waals surface area contributed by atoms with Crippen LogP contribution in [0.3, 0.4) is 0 Å². The first-order valence-corrected chi connectivity index (χ1v) is 12.5. The van der Waals surface area contributed by atoms with Gasteiger partial charge in [-0.05, 0) is 80.2 Å². The molecule has 1 fully saturated rings. The molecule has 1 aliphatic heterocycles. The summed E-state index contributed by atoms with van der Waals surface area (Å²) in [5.41, 5.74) is 1.52. The fourth-order valence-corrected chi connectivity index (χ4v) is 5.98. The lowest BCUT2D eigenvalue weighted by atomic mass is 9.97. The van der Waals surface area contributed by atoms with Crippen molar-refractivity contribution in [2.75, 3.05) is 25.0 Å². The molecule has 0 saturated carbocycles. The van der Waals surface area contributed by atoms with Crippen molar-refractivity contribution in [2.24, 2.45) is 5.92 Å². The molecule has 2 heterocycles. The summed E-state index contributed by atoms with van der Waals surface area (Å²) in [6.45, 7) is 4.90. The SMILES string of the molecule is CCOc1ccc(S(=O)(=O)N2CCC(C(=O)Nc3ccc4sncc4c3)CC2)cc1C. The Kier molecular flexibility index (Phi) is 6.27. The zero-order chi connectivity index (χ0) is 22.0. The Bertz CT molecular complexity index is 1200. The van der Waals surface area contributed by atoms with E-state index in [0.29, 0.717) is 38.3 Å². The number of carbonyl (C=O) groups is 1. The Morgan fingerprint density at radius 1 is 1.23 bits per heavy atom. The summed E-state index contributed by atoms with van der Waals surface area (Å²) in [6, 6.07) is 10.6. The van der Waals surface area contributed by atoms with Gasteiger partial charge in [-0.2, -0.15) is 8.68 Å². The van der Waals surface area contributed by atoms with Crippen LogP contribution in [0.15, 0.2) is 47.5 Å². The van der Waals surface area contributed by atoms with Crippen LogP contribution in [0.2, 0.25) is 0 Å². The third-order valence-electron chi connectivity index (χ3n) is 5.53. The second-order valence-electron chi connectivity index (χ2n) is 7.61. The number of sulfonamides is 1. The number of fused-ring (bicyclic) bond motifs is 1. The van der Waals surface area contributed by atoms with Crippen molar-refractivity contribution >= 4 is 43.2 Å². The van der Waals surface area contributed by atoms with E-state index in [-0.39, 0.29) is 16.7 Å². The third kappa shape index (κ3) is 4.58. The largest absolute Gasteiger partial charge is 0.494 e. The number of nitrogens with zero attached hydrogens (tertiary/aromatic N) is 2. The summed E-state index contributed by atoms with van der Waals surface area (Å²) in [4.78, 5) is 13.0. The molecule has 2 aromatic carbocycles. The maximum atomic E-state index is 13.1. The maximum Gasteiger partial charge on any atom is 0.243 e. The highest BCUT2D eigenvalue weighted by Gasteiger charge is 2.32. The summed E-state index contributed by atoms with van der Waals surface area (Å²) in [7, 11) is -3.60. The predicted octanol–water partition coefficient (Wildman–Crippen LogP) is 4.04. The van der Waals surface area contributed by atoms with Crippen LogP contribution >= 0.6 is 11.5 Å². The number of ether oxygens (including phenoxy) is 1. The number of piperidine rings is 1. The van der Waals surface area contributed by atoms with E-state index in [1.807, 2.05) is 32.0 Å². The highest BCUT2D eigenvalue weighted by atomic mass is 32.2. The smallest absolute Gasteiger partial charge is 0.243 e. The molecule has 164 valence electrons. The number of anilines is 1. The van der Waals surface area contributed by atoms with Gasteiger partial charge in [0.1, 0.15) is 5.75 Å². The molecule has 1 N–H and O–H groups in total. The number of aryl methyl sites for hydroxylation is 1. The quantitative estimate of drug-likeness (QED) is 0.601. The maximum absolute atomic E-state index is 13.1. The number of amides is 1. The van der Waals surface area contributed by atoms with Gasteiger partial charge >= 0.3 is 0 Å². The van der Waals surface area contributed by atoms with E-state index in [9.17, 15) is 13.2 Å². The van der Waals surface area contributed by atoms with Crippen molar-refractivity contribution in [1.82, 2.24) is 8.68 Å². The van der Waals surface area contributed by atoms with E-state index in [4.69, 9.17) is 4.74 Å². The van der Waals surface area contributed by atoms with E-state index in [2.05, 4.69) is 9.69 Å². The van der Waals surface area contributed by atoms with Crippen molar-refractivity contribution in [3.63, 3.8) is 0 Å². The van der Waals surface area contributed by atoms with Crippen LogP contribution in [0, 0.1) is 12.8 Å². The minimum atomic E-state index is -3.60. The van der Waals surface area contributed by atoms with Crippen molar-refractivity contribution in [3.05, 3.63) is 48.2 Å². The first-order chi connectivity index (χ1) is 14.9. The molecule has 1 aliphatic rings. The van der Waals surface area contributed by atoms with Crippen LogP contribution in [-0.2, 0) is 14.8 Å². The summed E-state index contributed by atoms with van der Waals surface area (Å²) >= 11 is 1.42. The van der Waals surface area contributed by atoms with Gasteiger partial charge in [0.25, 0.3) is 0 Å². The Morgan fingerprint density at radius 3 is 2.71 bits per heavy atom. The van der Waals surface area contributed by atoms with E-state index in [1.54, 1.807) is 24.4 Å². The molecule has 4 rings (SSSR count). The predicted molar refractivity (Wildman–Crippen MR) is 122 cm³/mol. The van der Waals surface area contributed by atoms with Crippen molar-refractivity contribution in [2.45, 2.75) is 31.6 Å². The highest BCUT2D eigenvalue weighted by Crippen LogP contribution is 2.28. The topological polar surface area (TPSA) is 88.6 Å². The van der Waals surface area contributed by atoms with Gasteiger partial charge < -0.3 is 10.1 Å². The zero-order valence-electron chi connectivity index (χ0n) is 17.5. The fraction of sp³-hybridized carbons (Fsp3) is 0.364. The molecule has 0 radical (unpaired) electrons. The second-order valence-corrected chi connectivity index (χ2v) is 10.4. The molecule has 3 aromatic rings. The molecule has 7 nitrogen and oxygen atoms in total. The monoisotopic (exact) mass is 459 g/mol. The van der Waals surface area contributed by atoms with Crippen LogP contribution in [0.5, 0.6) is 5.75 Å². The van der Waals surface area contributed by atoms with Crippen LogP contribution in [0.25, 0.3) is 10.1 Å². The summed E-state index contributed by atoms with van der Waals surface area (Å²) in [5, 5.41) is 3.96. The van der Waals surface area contributed by atoms with E-state index >= 15 is 0 Å². The van der Waals surface area contributed by atoms with Gasteiger partial charge in [0.05, 0.1) is 16.2 Å². The summed E-state index contributed by atoms with van der Waals surface area (Å²) in [5.74, 6) is 0.398. The Balaban J connectivity index is 1.39. The van der Waals surface area contributed by atoms with E-state index in [1.165, 1.54) is 15.8 Å². The lowest BCUT2D eigenvalue weighted by molar-refractivity contribution is -0.120. The summed E-state index contributed by atoms with van der Waals surface area (Å²) < 4.78 is 38.3. The second kappa shape index (κ2) is 8.94. The van der Waals surface area contributed by atoms with E-state index in [0.717, 1.165) is 21.3 Å². The van der Waals surface area contributed by atoms with Gasteiger partial charge in [0.2, 0.25) is 15.9 Å². The average molecular weight is 460 g/mol. The number of aromatic nitrogens is 1. The molecule has 0 bridgehead atoms. The lowest BCUT2D eigenvalue weighted by Crippen LogP contribution is -2.41. The molecule has 0 aliphatic carbocycles. The third-order valence-corrected chi connectivity index (χ3v) is 8.20. The first kappa shape index (κ1) is 21.7. The number of benzene rings is 2. The summed E-state index contributed by atoms with van der Waals surface area (Å²) in [6.07, 6.45) is 2.76. The van der Waals surface area contributed by atoms with Crippen molar-refractivity contribution < 1.29 is 17.9 Å². The molecule has 0 spiro atoms. The molecule has 1 saturated heterocycles. The van der Waals surface area contributed by atoms with Crippen LogP contribution in [-0.4, -0.2) is 42.7 Å². The zero-order valence-corrected chi connectivity index (χ0v) is 19.1. The number of hydrogen-bond donors (Lipinski definition) is 1. The minimum absolute atomic E-state index is 0.0727. The number of nitrogens with one attached hydrogen (secondary N) is 1. The Hall–Kier alpha value is -2.49. The minimum Gasteiger partial charge on any atom is -0.494 e. The average Bonchev–Trinajstić information content (AvgIpc) is 3.23. The molecular formula is C22H25N3O4S2. The van der Waals surface area contributed by atoms with Gasteiger partial charge in [-0.25, -0.2) is 8.42 Å². The van der Waals surface area contributed by atoms with Gasteiger partial charge in [-0.15, -0.1) is 0 Å². The van der Waals surface area contributed by atoms with E-state index < -0.39 is 10.0 Å². The molecule has 1 aromatic heterocycles. The van der Waals surface area contributed by atoms with Crippen LogP contribution in [0.1, 0.15) is 25.3 Å². The van der Waals surface area contributed by atoms with Crippen LogP contribution in [0.4, 0.5) is 5.69 Å². The first-order valence-electron chi connectivity index (χ1n) is 10.3. The van der Waals surface area contributed by atoms with Gasteiger partial charge in [0, 0.05) is 36.3 Å². The highest BCUT2D eigenvalue weighted by molar-refractivity contribution is 7.89. The fourth-order valence-electron chi connectivity index (χ4n) is 3.80. The van der Waals surface area contributed by atoms with Crippen LogP contribution < -0.4 is 10.1 Å². The standard InChI is InChI=1S/C22H25N3O4S2/c1-3-29-20-6-5-19(12-15(20)2)31(27,28)25-10-8-16(9-11-25)22(26)24-18-4-7-21-17(13-18)14-23-30-21/h4-7,12-14,16H,3,8-11H2,1-2H3,(H,24,26). The molecule has 31 heavy (non-hydrogen) atoms. The molecule has 0 unspecified atom stereocenters. The van der Waals surface area contributed by atoms with Gasteiger partial charge in [-0.1, -0.05) is 0 Å². The number of carbonyl (C=O) groups excluding carboxylic acids is 1. The van der Waals surface area contributed by atoms with Gasteiger partial charge in [-0.3, -0.25) is 4.79 Å². The Morgan fingerprint density at radius 2 is 2.00 bits per heavy atom. The van der Waals surface area contributed by atoms with Crippen molar-refractivity contribution in [1.29, 1.82) is 0 Å². The normalized spacial score (nSPS) is 15.8. The molecular weight excluding hydrogens is 434 g/mol. The molecule has 0 atom stereocenters. The number of hydrogen-bond acceptors (Lipinski definition) is 6. The van der Waals surface area contributed by atoms with Gasteiger partial charge in [0.15, 0.2) is 0 Å².